The van der Waals surface area contributed by atoms with Crippen LogP contribution in [0.3, 0.4) is 0 Å². The Morgan fingerprint density at radius 2 is 1.30 bits per heavy atom. The first-order valence-corrected chi connectivity index (χ1v) is 23.3. The molecule has 0 fully saturated rings. The molecule has 352 valence electrons. The monoisotopic (exact) mass is 1100 g/mol. The third-order valence-corrected chi connectivity index (χ3v) is 12.9. The van der Waals surface area contributed by atoms with Crippen molar-refractivity contribution in [2.75, 3.05) is 0 Å². The van der Waals surface area contributed by atoms with E-state index in [0.29, 0.717) is 61.6 Å². The Morgan fingerprint density at radius 1 is 0.609 bits per heavy atom. The van der Waals surface area contributed by atoms with Gasteiger partial charge in [0.1, 0.15) is 11.6 Å². The second-order valence-corrected chi connectivity index (χ2v) is 20.5. The number of pyridine rings is 1. The summed E-state index contributed by atoms with van der Waals surface area (Å²) in [7, 11) is 0. The summed E-state index contributed by atoms with van der Waals surface area (Å²) in [6.45, 7) is 15.6. The minimum absolute atomic E-state index is 0. The molecule has 69 heavy (non-hydrogen) atoms. The Balaban J connectivity index is 0.00000822. The second kappa shape index (κ2) is 19.2. The number of hydrogen-bond acceptors (Lipinski definition) is 3. The van der Waals surface area contributed by atoms with Crippen LogP contribution in [0.25, 0.3) is 83.9 Å². The molecule has 2 heterocycles. The van der Waals surface area contributed by atoms with Gasteiger partial charge < -0.3 is 5.11 Å². The summed E-state index contributed by atoms with van der Waals surface area (Å²) in [5.74, 6) is 0.503. The van der Waals surface area contributed by atoms with Crippen molar-refractivity contribution in [1.29, 1.82) is 0 Å². The molecule has 4 nitrogen and oxygen atoms in total. The van der Waals surface area contributed by atoms with Crippen molar-refractivity contribution in [3.63, 3.8) is 0 Å². The number of aryl methyl sites for hydroxylation is 1. The van der Waals surface area contributed by atoms with Gasteiger partial charge in [-0.3, -0.25) is 9.55 Å². The second-order valence-electron chi connectivity index (χ2n) is 20.5. The number of phenolic OH excluding ortho intramolecular Hbond substituents is 1. The van der Waals surface area contributed by atoms with Gasteiger partial charge in [-0.1, -0.05) is 189 Å². The van der Waals surface area contributed by atoms with Crippen LogP contribution in [-0.4, -0.2) is 19.6 Å². The van der Waals surface area contributed by atoms with Crippen molar-refractivity contribution >= 4 is 11.0 Å². The van der Waals surface area contributed by atoms with Crippen molar-refractivity contribution in [3.8, 4) is 78.6 Å². The van der Waals surface area contributed by atoms with Crippen LogP contribution >= 0.6 is 0 Å². The van der Waals surface area contributed by atoms with Gasteiger partial charge in [-0.15, -0.1) is 29.3 Å². The molecule has 0 amide bonds. The smallest absolute Gasteiger partial charge is 0.148 e. The quantitative estimate of drug-likeness (QED) is 0.147. The molecule has 0 aliphatic heterocycles. The van der Waals surface area contributed by atoms with Crippen molar-refractivity contribution in [2.24, 2.45) is 0 Å². The zero-order valence-corrected chi connectivity index (χ0v) is 43.2. The van der Waals surface area contributed by atoms with Crippen LogP contribution in [0.5, 0.6) is 5.75 Å². The molecule has 0 saturated carbocycles. The van der Waals surface area contributed by atoms with Crippen LogP contribution in [-0.2, 0) is 31.9 Å². The van der Waals surface area contributed by atoms with E-state index in [2.05, 4.69) is 79.7 Å². The SMILES string of the molecule is [2H]c1c([2H])c(C([2H])([2H])[2H])c([2H])c([2H])c1-c1ccnc(-c2[c-]c(-c3cccc4c3nc(-c3cc(C(C)C)cc(C(C)C)c3O)n4-c3cc(C([2H])([2H])[2H])c(-c4ccc(C(C)(C)C)cc4)cc3-c3ccccc3)cc(C(C)(C)C)c2)c1.[Pt]. The third kappa shape index (κ3) is 9.79. The molecule has 2 aromatic heterocycles. The largest absolute Gasteiger partial charge is 0.507 e. The standard InChI is InChI=1S/C64H64N3O.Pt/c1-39(2)47-35-53(40(3)4)61(68)56(36-47)62-66-60-52(48-32-49(34-51(33-48)64(10,11)12)57-37-46(29-30-65-57)43-23-21-41(5)22-24-43)19-16-20-58(60)67(62)59-31-42(6)54(38-55(59)44-17-14-13-15-18-44)45-25-27-50(28-26-45)63(7,8)9;/h13-31,33-40,68H,1-12H3;/q-1;/i5D3,6D3,21D,22D,23D,24D;. The number of aromatic hydroxyl groups is 1. The van der Waals surface area contributed by atoms with Gasteiger partial charge in [0.2, 0.25) is 0 Å². The van der Waals surface area contributed by atoms with Gasteiger partial charge in [0.05, 0.1) is 27.8 Å². The first kappa shape index (κ1) is 37.5. The number of aromatic nitrogens is 3. The maximum absolute atomic E-state index is 12.5. The van der Waals surface area contributed by atoms with E-state index in [0.717, 1.165) is 38.9 Å². The van der Waals surface area contributed by atoms with E-state index >= 15 is 0 Å². The number of benzene rings is 7. The maximum Gasteiger partial charge on any atom is 0.148 e. The number of fused-ring (bicyclic) bond motifs is 1. The molecule has 0 bridgehead atoms. The van der Waals surface area contributed by atoms with Gasteiger partial charge in [-0.25, -0.2) is 4.98 Å². The zero-order valence-electron chi connectivity index (χ0n) is 50.9. The zero-order chi connectivity index (χ0) is 56.7. The number of nitrogens with zero attached hydrogens (tertiary/aromatic N) is 3. The summed E-state index contributed by atoms with van der Waals surface area (Å²) < 4.78 is 88.2. The summed E-state index contributed by atoms with van der Waals surface area (Å²) in [6.07, 6.45) is 1.52. The van der Waals surface area contributed by atoms with Gasteiger partial charge in [0.15, 0.2) is 0 Å². The van der Waals surface area contributed by atoms with Crippen LogP contribution in [0.4, 0.5) is 0 Å². The molecule has 9 rings (SSSR count). The fourth-order valence-electron chi connectivity index (χ4n) is 8.85. The Hall–Kier alpha value is -6.35. The molecule has 0 aliphatic rings. The van der Waals surface area contributed by atoms with Gasteiger partial charge >= 0.3 is 0 Å². The van der Waals surface area contributed by atoms with E-state index in [1.807, 2.05) is 103 Å². The Labute approximate surface area is 438 Å². The normalized spacial score (nSPS) is 14.4. The summed E-state index contributed by atoms with van der Waals surface area (Å²) in [5, 5.41) is 12.5. The van der Waals surface area contributed by atoms with Crippen LogP contribution in [0.2, 0.25) is 0 Å². The summed E-state index contributed by atoms with van der Waals surface area (Å²) >= 11 is 0. The molecule has 7 aromatic carbocycles. The third-order valence-electron chi connectivity index (χ3n) is 12.9. The average Bonchev–Trinajstić information content (AvgIpc) is 4.01. The molecule has 0 saturated heterocycles. The Kier molecular flexibility index (Phi) is 10.4. The van der Waals surface area contributed by atoms with Gasteiger partial charge in [-0.2, -0.15) is 0 Å². The van der Waals surface area contributed by atoms with E-state index in [9.17, 15) is 5.11 Å². The summed E-state index contributed by atoms with van der Waals surface area (Å²) in [5.41, 5.74) is 10.5. The Bertz CT molecular complexity index is 3760. The van der Waals surface area contributed by atoms with Gasteiger partial charge in [0, 0.05) is 46.7 Å². The van der Waals surface area contributed by atoms with Crippen LogP contribution in [0.1, 0.15) is 128 Å². The number of phenols is 1. The molecule has 9 aromatic rings. The maximum atomic E-state index is 12.5. The van der Waals surface area contributed by atoms with E-state index in [1.165, 1.54) is 6.20 Å². The van der Waals surface area contributed by atoms with Crippen molar-refractivity contribution in [1.82, 2.24) is 14.5 Å². The number of para-hydroxylation sites is 1. The number of rotatable bonds is 9. The molecule has 0 spiro atoms. The minimum atomic E-state index is -2.86. The van der Waals surface area contributed by atoms with E-state index in [-0.39, 0.29) is 55.2 Å². The molecule has 0 atom stereocenters. The van der Waals surface area contributed by atoms with Crippen molar-refractivity contribution in [2.45, 2.75) is 106 Å². The fraction of sp³-hybridized carbons (Fsp3) is 0.250. The van der Waals surface area contributed by atoms with Crippen LogP contribution < -0.4 is 0 Å². The molecular formula is C64H64N3OPt-. The van der Waals surface area contributed by atoms with Gasteiger partial charge in [-0.05, 0) is 117 Å². The fourth-order valence-corrected chi connectivity index (χ4v) is 8.85. The van der Waals surface area contributed by atoms with Gasteiger partial charge in [0.25, 0.3) is 0 Å². The topological polar surface area (TPSA) is 50.9 Å². The predicted octanol–water partition coefficient (Wildman–Crippen LogP) is 17.4. The molecule has 1 N–H and O–H groups in total. The minimum Gasteiger partial charge on any atom is -0.507 e. The van der Waals surface area contributed by atoms with Crippen LogP contribution in [0, 0.1) is 19.8 Å². The van der Waals surface area contributed by atoms with Crippen LogP contribution in [0.15, 0.2) is 152 Å². The molecule has 0 radical (unpaired) electrons. The number of hydrogen-bond donors (Lipinski definition) is 1. The molecule has 5 heteroatoms. The predicted molar refractivity (Wildman–Crippen MR) is 287 cm³/mol. The summed E-state index contributed by atoms with van der Waals surface area (Å²) in [6, 6.07) is 40.4. The van der Waals surface area contributed by atoms with E-state index in [4.69, 9.17) is 23.7 Å². The van der Waals surface area contributed by atoms with Crippen molar-refractivity contribution < 1.29 is 39.9 Å². The first-order chi connectivity index (χ1) is 36.4. The first-order valence-electron chi connectivity index (χ1n) is 28.3. The van der Waals surface area contributed by atoms with E-state index in [1.54, 1.807) is 18.2 Å². The van der Waals surface area contributed by atoms with Crippen molar-refractivity contribution in [3.05, 3.63) is 191 Å². The Morgan fingerprint density at radius 3 is 1.96 bits per heavy atom. The molecular weight excluding hydrogens is 1020 g/mol. The molecule has 0 aliphatic carbocycles. The summed E-state index contributed by atoms with van der Waals surface area (Å²) in [4.78, 5) is 10.3. The van der Waals surface area contributed by atoms with E-state index < -0.39 is 48.9 Å². The number of imidazole rings is 1. The average molecular weight is 1100 g/mol. The molecule has 0 unspecified atom stereocenters.